The number of hydrogen-bond donors (Lipinski definition) is 1. The Morgan fingerprint density at radius 3 is 2.23 bits per heavy atom. The van der Waals surface area contributed by atoms with E-state index in [9.17, 15) is 9.00 Å². The van der Waals surface area contributed by atoms with Crippen LogP contribution in [-0.4, -0.2) is 39.5 Å². The summed E-state index contributed by atoms with van der Waals surface area (Å²) in [5.74, 6) is 0.484. The van der Waals surface area contributed by atoms with E-state index < -0.39 is 0 Å². The molecule has 0 bridgehead atoms. The molecule has 1 aromatic rings. The van der Waals surface area contributed by atoms with Crippen LogP contribution in [0.5, 0.6) is 5.75 Å². The van der Waals surface area contributed by atoms with Crippen LogP contribution in [0.2, 0.25) is 0 Å². The van der Waals surface area contributed by atoms with Gasteiger partial charge >= 0.3 is 29.6 Å². The van der Waals surface area contributed by atoms with Crippen LogP contribution in [0.3, 0.4) is 0 Å². The van der Waals surface area contributed by atoms with E-state index in [0.717, 1.165) is 0 Å². The molecule has 0 spiro atoms. The van der Waals surface area contributed by atoms with Gasteiger partial charge in [0.15, 0.2) is 17.7 Å². The Balaban J connectivity index is 0.00000144. The van der Waals surface area contributed by atoms with Crippen LogP contribution in [0.1, 0.15) is 17.3 Å². The summed E-state index contributed by atoms with van der Waals surface area (Å²) >= 11 is -0.387. The van der Waals surface area contributed by atoms with Crippen LogP contribution >= 0.6 is 0 Å². The van der Waals surface area contributed by atoms with Crippen LogP contribution in [0, 0.1) is 0 Å². The van der Waals surface area contributed by atoms with Gasteiger partial charge in [0.2, 0.25) is 0 Å². The number of carbonyl (C=O) groups is 1. The van der Waals surface area contributed by atoms with E-state index in [1.54, 1.807) is 24.3 Å². The van der Waals surface area contributed by atoms with Crippen LogP contribution in [0.15, 0.2) is 24.3 Å². The number of ketones is 1. The van der Waals surface area contributed by atoms with Gasteiger partial charge in [-0.1, -0.05) is 0 Å². The molecule has 0 fully saturated rings. The fourth-order valence-corrected chi connectivity index (χ4v) is 1.00. The monoisotopic (exact) mass is 208 g/mol. The summed E-state index contributed by atoms with van der Waals surface area (Å²) < 4.78 is 14.6. The minimum atomic E-state index is -0.387. The van der Waals surface area contributed by atoms with Gasteiger partial charge < -0.3 is 4.18 Å². The second-order valence-electron chi connectivity index (χ2n) is 2.25. The van der Waals surface area contributed by atoms with Crippen molar-refractivity contribution in [2.45, 2.75) is 6.92 Å². The molecule has 0 saturated carbocycles. The molecule has 3 nitrogen and oxygen atoms in total. The number of carbonyl (C=O) groups excluding carboxylic acids is 1. The predicted molar refractivity (Wildman–Crippen MR) is 53.8 cm³/mol. The molecule has 5 heteroatoms. The molecular formula is C8H9NaO3S. The molecule has 0 N–H and O–H groups in total. The van der Waals surface area contributed by atoms with Crippen molar-refractivity contribution in [3.05, 3.63) is 29.8 Å². The van der Waals surface area contributed by atoms with Gasteiger partial charge in [-0.3, -0.25) is 4.79 Å². The van der Waals surface area contributed by atoms with Gasteiger partial charge in [0, 0.05) is 5.56 Å². The zero-order valence-corrected chi connectivity index (χ0v) is 7.38. The van der Waals surface area contributed by atoms with Crippen molar-refractivity contribution in [3.8, 4) is 5.75 Å². The third-order valence-electron chi connectivity index (χ3n) is 1.40. The first-order chi connectivity index (χ1) is 5.74. The third kappa shape index (κ3) is 4.04. The minimum absolute atomic E-state index is 0. The Bertz CT molecular complexity index is 297. The number of hydrogen-bond acceptors (Lipinski definition) is 3. The molecule has 0 aromatic heterocycles. The van der Waals surface area contributed by atoms with Crippen molar-refractivity contribution >= 4 is 47.3 Å². The molecule has 0 unspecified atom stereocenters. The van der Waals surface area contributed by atoms with Crippen molar-refractivity contribution < 1.29 is 13.2 Å². The summed E-state index contributed by atoms with van der Waals surface area (Å²) in [6.07, 6.45) is 0. The Hall–Kier alpha value is -0.160. The average Bonchev–Trinajstić information content (AvgIpc) is 2.06. The maximum absolute atomic E-state index is 10.8. The van der Waals surface area contributed by atoms with Gasteiger partial charge in [-0.05, 0) is 31.2 Å². The number of rotatable bonds is 3. The molecule has 0 saturated heterocycles. The standard InChI is InChI=1S/C8H8O3S.Na.H/c1-6(9)7-2-4-8(5-3-7)11-12-10;;/h2-5,12H,1H3;;. The van der Waals surface area contributed by atoms with Crippen molar-refractivity contribution in [1.29, 1.82) is 0 Å². The van der Waals surface area contributed by atoms with Crippen LogP contribution in [0.25, 0.3) is 0 Å². The molecule has 1 rings (SSSR count). The zero-order chi connectivity index (χ0) is 8.97. The van der Waals surface area contributed by atoms with Crippen molar-refractivity contribution in [2.24, 2.45) is 0 Å². The molecule has 0 aliphatic rings. The third-order valence-corrected chi connectivity index (χ3v) is 1.69. The Labute approximate surface area is 102 Å². The van der Waals surface area contributed by atoms with E-state index in [0.29, 0.717) is 11.3 Å². The van der Waals surface area contributed by atoms with Crippen LogP contribution in [0.4, 0.5) is 0 Å². The fourth-order valence-electron chi connectivity index (χ4n) is 0.794. The van der Waals surface area contributed by atoms with E-state index >= 15 is 0 Å². The molecule has 66 valence electrons. The second-order valence-corrected chi connectivity index (χ2v) is 2.58. The quantitative estimate of drug-likeness (QED) is 0.446. The summed E-state index contributed by atoms with van der Waals surface area (Å²) in [4.78, 5) is 10.8. The Morgan fingerprint density at radius 1 is 1.31 bits per heavy atom. The molecule has 13 heavy (non-hydrogen) atoms. The zero-order valence-electron chi connectivity index (χ0n) is 6.48. The van der Waals surface area contributed by atoms with Gasteiger partial charge in [0.05, 0.1) is 0 Å². The molecule has 0 aliphatic heterocycles. The van der Waals surface area contributed by atoms with E-state index in [1.807, 2.05) is 0 Å². The SMILES string of the molecule is CC(=O)c1ccc(O[SH]=O)cc1.[NaH]. The van der Waals surface area contributed by atoms with E-state index in [-0.39, 0.29) is 47.3 Å². The van der Waals surface area contributed by atoms with Crippen molar-refractivity contribution in [3.63, 3.8) is 0 Å². The van der Waals surface area contributed by atoms with E-state index in [4.69, 9.17) is 0 Å². The Morgan fingerprint density at radius 2 is 1.85 bits per heavy atom. The predicted octanol–water partition coefficient (Wildman–Crippen LogP) is 0.480. The average molecular weight is 208 g/mol. The summed E-state index contributed by atoms with van der Waals surface area (Å²) in [6, 6.07) is 6.45. The first kappa shape index (κ1) is 12.8. The number of benzene rings is 1. The van der Waals surface area contributed by atoms with Gasteiger partial charge in [-0.15, -0.1) is 0 Å². The molecular weight excluding hydrogens is 199 g/mol. The number of thiol groups is 1. The number of Topliss-reactive ketones (excluding diaryl/α,β-unsaturated/α-hetero) is 1. The van der Waals surface area contributed by atoms with Crippen molar-refractivity contribution in [2.75, 3.05) is 0 Å². The molecule has 0 atom stereocenters. The second kappa shape index (κ2) is 6.32. The Kier molecular flexibility index (Phi) is 6.24. The summed E-state index contributed by atoms with van der Waals surface area (Å²) in [7, 11) is 0. The van der Waals surface area contributed by atoms with Gasteiger partial charge in [-0.25, -0.2) is 4.21 Å². The van der Waals surface area contributed by atoms with Crippen molar-refractivity contribution in [1.82, 2.24) is 0 Å². The molecule has 0 radical (unpaired) electrons. The molecule has 0 amide bonds. The molecule has 1 aromatic carbocycles. The van der Waals surface area contributed by atoms with Gasteiger partial charge in [-0.2, -0.15) is 0 Å². The molecule has 0 heterocycles. The summed E-state index contributed by atoms with van der Waals surface area (Å²) in [6.45, 7) is 1.49. The fraction of sp³-hybridized carbons (Fsp3) is 0.125. The topological polar surface area (TPSA) is 43.4 Å². The van der Waals surface area contributed by atoms with Gasteiger partial charge in [0.1, 0.15) is 5.75 Å². The maximum atomic E-state index is 10.8. The van der Waals surface area contributed by atoms with Crippen LogP contribution in [-0.2, 0) is 11.9 Å². The first-order valence-corrected chi connectivity index (χ1v) is 4.08. The first-order valence-electron chi connectivity index (χ1n) is 3.34. The molecule has 0 aliphatic carbocycles. The van der Waals surface area contributed by atoms with Gasteiger partial charge in [0.25, 0.3) is 0 Å². The van der Waals surface area contributed by atoms with Crippen LogP contribution < -0.4 is 4.18 Å². The van der Waals surface area contributed by atoms with E-state index in [2.05, 4.69) is 4.18 Å². The summed E-state index contributed by atoms with van der Waals surface area (Å²) in [5, 5.41) is 0. The summed E-state index contributed by atoms with van der Waals surface area (Å²) in [5.41, 5.74) is 0.616. The normalized spacial score (nSPS) is 8.69. The van der Waals surface area contributed by atoms with E-state index in [1.165, 1.54) is 6.92 Å².